The molecule has 0 aliphatic rings. The van der Waals surface area contributed by atoms with Gasteiger partial charge in [-0.05, 0) is 34.0 Å². The highest BCUT2D eigenvalue weighted by Crippen LogP contribution is 2.30. The fourth-order valence-electron chi connectivity index (χ4n) is 1.86. The van der Waals surface area contributed by atoms with Crippen LogP contribution in [-0.2, 0) is 6.54 Å². The number of aryl methyl sites for hydroxylation is 1. The lowest BCUT2D eigenvalue weighted by molar-refractivity contribution is 0.559. The van der Waals surface area contributed by atoms with E-state index in [0.29, 0.717) is 5.02 Å². The first-order chi connectivity index (χ1) is 8.65. The van der Waals surface area contributed by atoms with E-state index in [1.165, 1.54) is 0 Å². The van der Waals surface area contributed by atoms with E-state index in [0.717, 1.165) is 28.7 Å². The average Bonchev–Trinajstić information content (AvgIpc) is 2.71. The molecule has 0 saturated heterocycles. The Hall–Kier alpha value is -0.910. The molecule has 2 rings (SSSR count). The van der Waals surface area contributed by atoms with Crippen molar-refractivity contribution in [3.63, 3.8) is 0 Å². The van der Waals surface area contributed by atoms with Gasteiger partial charge in [-0.1, -0.05) is 18.5 Å². The number of halogens is 2. The monoisotopic (exact) mass is 328 g/mol. The zero-order chi connectivity index (χ0) is 13.1. The summed E-state index contributed by atoms with van der Waals surface area (Å²) in [4.78, 5) is 3.97. The molecule has 0 radical (unpaired) electrons. The van der Waals surface area contributed by atoms with Crippen molar-refractivity contribution < 1.29 is 0 Å². The van der Waals surface area contributed by atoms with Crippen LogP contribution in [0.25, 0.3) is 0 Å². The number of hydrogen-bond donors (Lipinski definition) is 1. The summed E-state index contributed by atoms with van der Waals surface area (Å²) in [5, 5.41) is 4.88. The second-order valence-electron chi connectivity index (χ2n) is 3.98. The van der Waals surface area contributed by atoms with Crippen LogP contribution >= 0.6 is 27.5 Å². The summed E-state index contributed by atoms with van der Waals surface area (Å²) in [5.41, 5.74) is 8.08. The molecule has 0 aromatic carbocycles. The second kappa shape index (κ2) is 5.82. The largest absolute Gasteiger partial charge is 0.319 e. The summed E-state index contributed by atoms with van der Waals surface area (Å²) in [7, 11) is 0. The molecule has 4 nitrogen and oxygen atoms in total. The fourth-order valence-corrected chi connectivity index (χ4v) is 2.64. The predicted octanol–water partition coefficient (Wildman–Crippen LogP) is 3.15. The summed E-state index contributed by atoms with van der Waals surface area (Å²) >= 11 is 9.62. The van der Waals surface area contributed by atoms with Crippen LogP contribution in [0.15, 0.2) is 29.1 Å². The first-order valence-corrected chi connectivity index (χ1v) is 6.88. The van der Waals surface area contributed by atoms with E-state index in [9.17, 15) is 0 Å². The van der Waals surface area contributed by atoms with E-state index in [1.54, 1.807) is 18.6 Å². The molecule has 0 fully saturated rings. The highest BCUT2D eigenvalue weighted by atomic mass is 79.9. The number of aromatic nitrogens is 3. The molecule has 2 aromatic heterocycles. The van der Waals surface area contributed by atoms with Crippen LogP contribution in [0.2, 0.25) is 5.02 Å². The molecular formula is C12H14BrClN4. The van der Waals surface area contributed by atoms with Gasteiger partial charge in [-0.3, -0.25) is 9.67 Å². The van der Waals surface area contributed by atoms with Crippen molar-refractivity contribution >= 4 is 27.5 Å². The zero-order valence-electron chi connectivity index (χ0n) is 9.98. The smallest absolute Gasteiger partial charge is 0.0750 e. The van der Waals surface area contributed by atoms with Gasteiger partial charge in [-0.15, -0.1) is 0 Å². The van der Waals surface area contributed by atoms with E-state index >= 15 is 0 Å². The van der Waals surface area contributed by atoms with Crippen LogP contribution < -0.4 is 5.73 Å². The molecule has 0 aliphatic carbocycles. The van der Waals surface area contributed by atoms with Gasteiger partial charge in [0.05, 0.1) is 27.4 Å². The van der Waals surface area contributed by atoms with Crippen molar-refractivity contribution in [1.29, 1.82) is 0 Å². The minimum Gasteiger partial charge on any atom is -0.319 e. The van der Waals surface area contributed by atoms with Gasteiger partial charge >= 0.3 is 0 Å². The Kier molecular flexibility index (Phi) is 4.37. The number of hydrogen-bond acceptors (Lipinski definition) is 3. The fraction of sp³-hybridized carbons (Fsp3) is 0.333. The topological polar surface area (TPSA) is 56.7 Å². The molecule has 6 heteroatoms. The van der Waals surface area contributed by atoms with Crippen molar-refractivity contribution in [3.05, 3.63) is 45.4 Å². The van der Waals surface area contributed by atoms with Gasteiger partial charge in [0, 0.05) is 18.9 Å². The number of nitrogens with two attached hydrogens (primary N) is 1. The summed E-state index contributed by atoms with van der Waals surface area (Å²) in [6, 6.07) is 1.52. The maximum atomic E-state index is 6.29. The van der Waals surface area contributed by atoms with Crippen molar-refractivity contribution in [3.8, 4) is 0 Å². The molecule has 0 spiro atoms. The van der Waals surface area contributed by atoms with Crippen LogP contribution in [0.4, 0.5) is 0 Å². The average molecular weight is 330 g/mol. The van der Waals surface area contributed by atoms with Gasteiger partial charge < -0.3 is 5.73 Å². The van der Waals surface area contributed by atoms with Crippen LogP contribution in [0, 0.1) is 0 Å². The van der Waals surface area contributed by atoms with Crippen molar-refractivity contribution in [1.82, 2.24) is 14.8 Å². The number of rotatable bonds is 4. The van der Waals surface area contributed by atoms with Gasteiger partial charge in [0.2, 0.25) is 0 Å². The van der Waals surface area contributed by atoms with E-state index in [2.05, 4.69) is 32.9 Å². The van der Waals surface area contributed by atoms with Gasteiger partial charge in [-0.25, -0.2) is 0 Å². The predicted molar refractivity (Wildman–Crippen MR) is 75.5 cm³/mol. The van der Waals surface area contributed by atoms with E-state index in [1.807, 2.05) is 10.7 Å². The van der Waals surface area contributed by atoms with Crippen LogP contribution in [0.5, 0.6) is 0 Å². The summed E-state index contributed by atoms with van der Waals surface area (Å²) in [6.45, 7) is 2.93. The van der Waals surface area contributed by atoms with Crippen LogP contribution in [-0.4, -0.2) is 14.8 Å². The summed E-state index contributed by atoms with van der Waals surface area (Å²) < 4.78 is 2.81. The lowest BCUT2D eigenvalue weighted by Gasteiger charge is -2.16. The number of nitrogens with zero attached hydrogens (tertiary/aromatic N) is 3. The van der Waals surface area contributed by atoms with Crippen LogP contribution in [0.1, 0.15) is 30.6 Å². The third-order valence-electron chi connectivity index (χ3n) is 2.70. The highest BCUT2D eigenvalue weighted by molar-refractivity contribution is 9.10. The lowest BCUT2D eigenvalue weighted by atomic mass is 10.1. The molecule has 2 heterocycles. The molecule has 1 atom stereocenters. The zero-order valence-corrected chi connectivity index (χ0v) is 12.3. The summed E-state index contributed by atoms with van der Waals surface area (Å²) in [6.07, 6.45) is 6.05. The van der Waals surface area contributed by atoms with Crippen molar-refractivity contribution in [2.45, 2.75) is 25.9 Å². The standard InChI is InChI=1S/C12H14BrClN4/c1-2-5-18-12(9(13)6-17-18)11(15)8-3-4-16-7-10(8)14/h3-4,6-7,11H,2,5,15H2,1H3. The van der Waals surface area contributed by atoms with Crippen molar-refractivity contribution in [2.75, 3.05) is 0 Å². The minimum absolute atomic E-state index is 0.316. The first-order valence-electron chi connectivity index (χ1n) is 5.71. The second-order valence-corrected chi connectivity index (χ2v) is 5.24. The molecule has 2 N–H and O–H groups in total. The third kappa shape index (κ3) is 2.58. The Balaban J connectivity index is 2.42. The summed E-state index contributed by atoms with van der Waals surface area (Å²) in [5.74, 6) is 0. The van der Waals surface area contributed by atoms with Gasteiger partial charge in [0.1, 0.15) is 0 Å². The number of pyridine rings is 1. The van der Waals surface area contributed by atoms with Gasteiger partial charge in [-0.2, -0.15) is 5.10 Å². The quantitative estimate of drug-likeness (QED) is 0.937. The van der Waals surface area contributed by atoms with E-state index in [4.69, 9.17) is 17.3 Å². The maximum Gasteiger partial charge on any atom is 0.0750 e. The van der Waals surface area contributed by atoms with Crippen LogP contribution in [0.3, 0.4) is 0 Å². The molecule has 2 aromatic rings. The lowest BCUT2D eigenvalue weighted by Crippen LogP contribution is -2.18. The minimum atomic E-state index is -0.316. The molecule has 96 valence electrons. The van der Waals surface area contributed by atoms with E-state index in [-0.39, 0.29) is 6.04 Å². The molecular weight excluding hydrogens is 316 g/mol. The molecule has 0 saturated carbocycles. The molecule has 18 heavy (non-hydrogen) atoms. The molecule has 1 unspecified atom stereocenters. The Morgan fingerprint density at radius 2 is 2.28 bits per heavy atom. The van der Waals surface area contributed by atoms with Crippen molar-refractivity contribution in [2.24, 2.45) is 5.73 Å². The molecule has 0 bridgehead atoms. The molecule has 0 amide bonds. The van der Waals surface area contributed by atoms with Gasteiger partial charge in [0.25, 0.3) is 0 Å². The van der Waals surface area contributed by atoms with E-state index < -0.39 is 0 Å². The SMILES string of the molecule is CCCn1ncc(Br)c1C(N)c1ccncc1Cl. The van der Waals surface area contributed by atoms with Gasteiger partial charge in [0.15, 0.2) is 0 Å². The Morgan fingerprint density at radius 1 is 1.50 bits per heavy atom. The molecule has 0 aliphatic heterocycles. The Labute approximate surface area is 119 Å². The third-order valence-corrected chi connectivity index (χ3v) is 3.63. The Bertz CT molecular complexity index is 541. The maximum absolute atomic E-state index is 6.29. The highest BCUT2D eigenvalue weighted by Gasteiger charge is 2.20. The first kappa shape index (κ1) is 13.5. The normalized spacial score (nSPS) is 12.7. The Morgan fingerprint density at radius 3 is 2.94 bits per heavy atom.